The van der Waals surface area contributed by atoms with Gasteiger partial charge in [-0.1, -0.05) is 6.42 Å². The molecule has 0 aromatic heterocycles. The van der Waals surface area contributed by atoms with Gasteiger partial charge < -0.3 is 15.3 Å². The normalized spacial score (nSPS) is 20.5. The fourth-order valence-electron chi connectivity index (χ4n) is 3.60. The number of nitrogens with one attached hydrogen (secondary N) is 1. The van der Waals surface area contributed by atoms with Gasteiger partial charge in [0.1, 0.15) is 5.82 Å². The van der Waals surface area contributed by atoms with Crippen LogP contribution in [0.25, 0.3) is 0 Å². The third kappa shape index (κ3) is 4.07. The van der Waals surface area contributed by atoms with Crippen LogP contribution in [0.2, 0.25) is 0 Å². The molecule has 132 valence electrons. The number of halogens is 1. The molecule has 1 atom stereocenters. The summed E-state index contributed by atoms with van der Waals surface area (Å²) in [5.41, 5.74) is 1.77. The van der Waals surface area contributed by atoms with Crippen molar-refractivity contribution in [1.82, 2.24) is 5.32 Å². The highest BCUT2D eigenvalue weighted by Gasteiger charge is 2.24. The second-order valence-electron chi connectivity index (χ2n) is 7.21. The monoisotopic (exact) mass is 334 g/mol. The fraction of sp³-hybridized carbons (Fsp3) is 0.632. The van der Waals surface area contributed by atoms with E-state index in [4.69, 9.17) is 0 Å². The Morgan fingerprint density at radius 2 is 2.04 bits per heavy atom. The number of piperidine rings is 1. The zero-order valence-electron chi connectivity index (χ0n) is 14.3. The van der Waals surface area contributed by atoms with Crippen LogP contribution in [0, 0.1) is 11.7 Å². The van der Waals surface area contributed by atoms with Gasteiger partial charge in [-0.15, -0.1) is 0 Å². The van der Waals surface area contributed by atoms with E-state index in [2.05, 4.69) is 10.2 Å². The summed E-state index contributed by atoms with van der Waals surface area (Å²) in [7, 11) is 0. The van der Waals surface area contributed by atoms with Crippen molar-refractivity contribution in [3.8, 4) is 0 Å². The average Bonchev–Trinajstić information content (AvgIpc) is 2.52. The lowest BCUT2D eigenvalue weighted by molar-refractivity contribution is -0.123. The van der Waals surface area contributed by atoms with Crippen molar-refractivity contribution in [1.29, 1.82) is 0 Å². The van der Waals surface area contributed by atoms with E-state index < -0.39 is 0 Å². The van der Waals surface area contributed by atoms with Gasteiger partial charge in [-0.25, -0.2) is 4.39 Å². The number of amides is 1. The molecule has 0 spiro atoms. The highest BCUT2D eigenvalue weighted by atomic mass is 19.1. The minimum Gasteiger partial charge on any atom is -0.393 e. The van der Waals surface area contributed by atoms with Gasteiger partial charge in [0.25, 0.3) is 0 Å². The number of carbonyl (C=O) groups excluding carboxylic acids is 1. The second kappa shape index (κ2) is 7.51. The minimum atomic E-state index is -0.286. The maximum Gasteiger partial charge on any atom is 0.220 e. The number of carbonyl (C=O) groups is 1. The summed E-state index contributed by atoms with van der Waals surface area (Å²) >= 11 is 0. The Balaban J connectivity index is 1.70. The molecule has 1 heterocycles. The maximum atomic E-state index is 13.8. The first kappa shape index (κ1) is 17.2. The van der Waals surface area contributed by atoms with E-state index in [0.29, 0.717) is 12.3 Å². The minimum absolute atomic E-state index is 0.0523. The van der Waals surface area contributed by atoms with E-state index in [-0.39, 0.29) is 23.9 Å². The molecule has 1 aliphatic heterocycles. The van der Waals surface area contributed by atoms with Crippen LogP contribution in [0.1, 0.15) is 57.1 Å². The predicted octanol–water partition coefficient (Wildman–Crippen LogP) is 3.15. The molecule has 1 aliphatic carbocycles. The molecular weight excluding hydrogens is 307 g/mol. The summed E-state index contributed by atoms with van der Waals surface area (Å²) in [4.78, 5) is 14.4. The summed E-state index contributed by atoms with van der Waals surface area (Å²) in [6.45, 7) is 3.42. The molecule has 1 saturated heterocycles. The summed E-state index contributed by atoms with van der Waals surface area (Å²) in [5.74, 6) is 0.287. The number of aliphatic hydroxyl groups is 1. The predicted molar refractivity (Wildman–Crippen MR) is 92.4 cm³/mol. The summed E-state index contributed by atoms with van der Waals surface area (Å²) in [6.07, 6.45) is 5.28. The second-order valence-corrected chi connectivity index (χ2v) is 7.21. The molecule has 24 heavy (non-hydrogen) atoms. The topological polar surface area (TPSA) is 52.6 Å². The molecular formula is C19H27FN2O2. The molecule has 1 aromatic carbocycles. The molecule has 2 N–H and O–H groups in total. The lowest BCUT2D eigenvalue weighted by Gasteiger charge is -2.34. The van der Waals surface area contributed by atoms with Crippen molar-refractivity contribution < 1.29 is 14.3 Å². The van der Waals surface area contributed by atoms with Crippen LogP contribution in [0.3, 0.4) is 0 Å². The Morgan fingerprint density at radius 3 is 2.67 bits per heavy atom. The summed E-state index contributed by atoms with van der Waals surface area (Å²) in [5, 5.41) is 12.7. The Labute approximate surface area is 143 Å². The number of benzene rings is 1. The third-order valence-corrected chi connectivity index (χ3v) is 5.34. The van der Waals surface area contributed by atoms with Crippen molar-refractivity contribution in [2.75, 3.05) is 18.0 Å². The van der Waals surface area contributed by atoms with Crippen LogP contribution in [0.15, 0.2) is 18.2 Å². The highest BCUT2D eigenvalue weighted by Crippen LogP contribution is 2.31. The molecule has 0 bridgehead atoms. The van der Waals surface area contributed by atoms with Crippen LogP contribution in [-0.2, 0) is 4.79 Å². The Kier molecular flexibility index (Phi) is 5.39. The summed E-state index contributed by atoms with van der Waals surface area (Å²) < 4.78 is 13.8. The SMILES string of the molecule is CC(NC(=O)CC1CCC1)c1cc(F)ccc1N1CCC(O)CC1. The molecule has 2 aliphatic rings. The smallest absolute Gasteiger partial charge is 0.220 e. The quantitative estimate of drug-likeness (QED) is 0.870. The number of aliphatic hydroxyl groups excluding tert-OH is 1. The molecule has 5 heteroatoms. The Bertz CT molecular complexity index is 581. The van der Waals surface area contributed by atoms with Crippen LogP contribution >= 0.6 is 0 Å². The molecule has 1 aromatic rings. The zero-order valence-corrected chi connectivity index (χ0v) is 14.3. The number of hydrogen-bond donors (Lipinski definition) is 2. The van der Waals surface area contributed by atoms with E-state index in [1.807, 2.05) is 6.92 Å². The van der Waals surface area contributed by atoms with Gasteiger partial charge >= 0.3 is 0 Å². The van der Waals surface area contributed by atoms with Gasteiger partial charge in [-0.2, -0.15) is 0 Å². The van der Waals surface area contributed by atoms with Crippen LogP contribution in [0.4, 0.5) is 10.1 Å². The van der Waals surface area contributed by atoms with E-state index >= 15 is 0 Å². The van der Waals surface area contributed by atoms with Crippen LogP contribution < -0.4 is 10.2 Å². The number of hydrogen-bond acceptors (Lipinski definition) is 3. The number of nitrogens with zero attached hydrogens (tertiary/aromatic N) is 1. The highest BCUT2D eigenvalue weighted by molar-refractivity contribution is 5.77. The lowest BCUT2D eigenvalue weighted by atomic mass is 9.83. The van der Waals surface area contributed by atoms with Gasteiger partial charge in [0.05, 0.1) is 12.1 Å². The molecule has 2 fully saturated rings. The Hall–Kier alpha value is -1.62. The fourth-order valence-corrected chi connectivity index (χ4v) is 3.60. The van der Waals surface area contributed by atoms with E-state index in [9.17, 15) is 14.3 Å². The standard InChI is InChI=1S/C19H27FN2O2/c1-13(21-19(24)11-14-3-2-4-14)17-12-15(20)5-6-18(17)22-9-7-16(23)8-10-22/h5-6,12-14,16,23H,2-4,7-11H2,1H3,(H,21,24). The van der Waals surface area contributed by atoms with Gasteiger partial charge in [0.15, 0.2) is 0 Å². The first-order valence-corrected chi connectivity index (χ1v) is 9.04. The van der Waals surface area contributed by atoms with E-state index in [1.165, 1.54) is 18.6 Å². The molecule has 1 amide bonds. The van der Waals surface area contributed by atoms with Crippen LogP contribution in [-0.4, -0.2) is 30.2 Å². The zero-order chi connectivity index (χ0) is 17.1. The molecule has 4 nitrogen and oxygen atoms in total. The van der Waals surface area contributed by atoms with Gasteiger partial charge in [-0.3, -0.25) is 4.79 Å². The van der Waals surface area contributed by atoms with E-state index in [1.54, 1.807) is 6.07 Å². The molecule has 0 radical (unpaired) electrons. The van der Waals surface area contributed by atoms with Crippen molar-refractivity contribution in [3.05, 3.63) is 29.6 Å². The average molecular weight is 334 g/mol. The van der Waals surface area contributed by atoms with Crippen molar-refractivity contribution in [2.45, 2.75) is 57.6 Å². The van der Waals surface area contributed by atoms with Crippen molar-refractivity contribution in [2.24, 2.45) is 5.92 Å². The van der Waals surface area contributed by atoms with Crippen LogP contribution in [0.5, 0.6) is 0 Å². The van der Waals surface area contributed by atoms with Gasteiger partial charge in [-0.05, 0) is 56.7 Å². The van der Waals surface area contributed by atoms with Crippen molar-refractivity contribution >= 4 is 11.6 Å². The molecule has 1 unspecified atom stereocenters. The Morgan fingerprint density at radius 1 is 1.33 bits per heavy atom. The van der Waals surface area contributed by atoms with E-state index in [0.717, 1.165) is 50.0 Å². The maximum absolute atomic E-state index is 13.8. The molecule has 1 saturated carbocycles. The third-order valence-electron chi connectivity index (χ3n) is 5.34. The number of anilines is 1. The molecule has 3 rings (SSSR count). The number of rotatable bonds is 5. The first-order chi connectivity index (χ1) is 11.5. The van der Waals surface area contributed by atoms with Crippen molar-refractivity contribution in [3.63, 3.8) is 0 Å². The summed E-state index contributed by atoms with van der Waals surface area (Å²) in [6, 6.07) is 4.55. The van der Waals surface area contributed by atoms with Gasteiger partial charge in [0, 0.05) is 30.8 Å². The largest absolute Gasteiger partial charge is 0.393 e. The first-order valence-electron chi connectivity index (χ1n) is 9.04. The lowest BCUT2D eigenvalue weighted by Crippen LogP contribution is -2.37. The van der Waals surface area contributed by atoms with Gasteiger partial charge in [0.2, 0.25) is 5.91 Å².